The minimum atomic E-state index is -0.174. The van der Waals surface area contributed by atoms with Crippen LogP contribution < -0.4 is 0 Å². The largest absolute Gasteiger partial charge is 0.489 e. The summed E-state index contributed by atoms with van der Waals surface area (Å²) in [5.74, 6) is 0.866. The van der Waals surface area contributed by atoms with Crippen LogP contribution >= 0.6 is 11.8 Å². The number of ether oxygens (including phenoxy) is 2. The van der Waals surface area contributed by atoms with E-state index in [0.29, 0.717) is 13.0 Å². The van der Waals surface area contributed by atoms with E-state index in [2.05, 4.69) is 71.3 Å². The fraction of sp³-hybridized carbons (Fsp3) is 0.500. The van der Waals surface area contributed by atoms with E-state index in [1.807, 2.05) is 32.1 Å². The van der Waals surface area contributed by atoms with Crippen molar-refractivity contribution in [1.82, 2.24) is 0 Å². The second kappa shape index (κ2) is 19.1. The molecule has 0 aliphatic heterocycles. The maximum atomic E-state index is 11.4. The topological polar surface area (TPSA) is 35.5 Å². The number of esters is 1. The Kier molecular flexibility index (Phi) is 17.9. The first kappa shape index (κ1) is 31.8. The van der Waals surface area contributed by atoms with Crippen LogP contribution in [0.1, 0.15) is 74.1 Å². The van der Waals surface area contributed by atoms with Crippen LogP contribution in [-0.4, -0.2) is 25.9 Å². The fourth-order valence-corrected chi connectivity index (χ4v) is 3.83. The number of carbonyl (C=O) groups excluding carboxylic acids is 1. The first-order valence-electron chi connectivity index (χ1n) is 12.3. The van der Waals surface area contributed by atoms with Crippen LogP contribution in [-0.2, 0) is 14.3 Å². The number of hydrogen-bond donors (Lipinski definition) is 0. The Morgan fingerprint density at radius 1 is 1.18 bits per heavy atom. The maximum absolute atomic E-state index is 11.4. The summed E-state index contributed by atoms with van der Waals surface area (Å²) in [5.41, 5.74) is 5.25. The molecule has 1 rings (SSSR count). The molecule has 0 N–H and O–H groups in total. The van der Waals surface area contributed by atoms with Gasteiger partial charge in [-0.25, -0.2) is 0 Å². The van der Waals surface area contributed by atoms with Crippen LogP contribution in [0.2, 0.25) is 0 Å². The van der Waals surface area contributed by atoms with Gasteiger partial charge in [0.15, 0.2) is 0 Å². The summed E-state index contributed by atoms with van der Waals surface area (Å²) >= 11 is 1.80. The van der Waals surface area contributed by atoms with E-state index in [9.17, 15) is 4.79 Å². The molecule has 1 unspecified atom stereocenters. The quantitative estimate of drug-likeness (QED) is 0.204. The minimum absolute atomic E-state index is 0.174. The molecular weight excluding hydrogens is 440 g/mol. The average molecular weight is 487 g/mol. The molecule has 4 heteroatoms. The molecule has 34 heavy (non-hydrogen) atoms. The van der Waals surface area contributed by atoms with Gasteiger partial charge >= 0.3 is 5.97 Å². The van der Waals surface area contributed by atoms with Crippen LogP contribution in [0.5, 0.6) is 0 Å². The molecule has 1 aliphatic rings. The lowest BCUT2D eigenvalue weighted by Gasteiger charge is -2.13. The molecule has 0 saturated heterocycles. The molecule has 190 valence electrons. The van der Waals surface area contributed by atoms with Gasteiger partial charge in [0.2, 0.25) is 0 Å². The zero-order valence-electron chi connectivity index (χ0n) is 22.9. The van der Waals surface area contributed by atoms with Crippen molar-refractivity contribution in [2.45, 2.75) is 74.1 Å². The van der Waals surface area contributed by atoms with Gasteiger partial charge in [-0.1, -0.05) is 62.8 Å². The van der Waals surface area contributed by atoms with Crippen LogP contribution in [0.3, 0.4) is 0 Å². The molecule has 0 saturated carbocycles. The Hall–Kier alpha value is -2.20. The highest BCUT2D eigenvalue weighted by molar-refractivity contribution is 8.02. The molecule has 0 aromatic rings. The highest BCUT2D eigenvalue weighted by atomic mass is 32.2. The highest BCUT2D eigenvalue weighted by Crippen LogP contribution is 2.26. The molecule has 0 heterocycles. The Labute approximate surface area is 213 Å². The molecule has 0 radical (unpaired) electrons. The SMILES string of the molecule is C/C=C(C/C(C)=C/C(=C\CC)COC1=CC=CC(CCC(=O)OC)C=C1)/C(C)=C(/C)SC.CC. The molecular formula is C30H46O3S. The molecule has 0 spiro atoms. The first-order chi connectivity index (χ1) is 16.3. The molecule has 0 aromatic carbocycles. The van der Waals surface area contributed by atoms with Crippen LogP contribution in [0.4, 0.5) is 0 Å². The molecule has 0 bridgehead atoms. The monoisotopic (exact) mass is 486 g/mol. The van der Waals surface area contributed by atoms with Crippen molar-refractivity contribution in [3.8, 4) is 0 Å². The van der Waals surface area contributed by atoms with Crippen molar-refractivity contribution in [3.63, 3.8) is 0 Å². The number of methoxy groups -OCH3 is 1. The third-order valence-electron chi connectivity index (χ3n) is 5.47. The Balaban J connectivity index is 0.00000529. The minimum Gasteiger partial charge on any atom is -0.489 e. The Bertz CT molecular complexity index is 835. The molecule has 0 fully saturated rings. The van der Waals surface area contributed by atoms with Gasteiger partial charge in [-0.3, -0.25) is 4.79 Å². The third-order valence-corrected chi connectivity index (χ3v) is 6.39. The second-order valence-electron chi connectivity index (χ2n) is 7.93. The predicted molar refractivity (Wildman–Crippen MR) is 151 cm³/mol. The molecule has 0 aromatic heterocycles. The number of carbonyl (C=O) groups is 1. The van der Waals surface area contributed by atoms with Crippen molar-refractivity contribution in [2.24, 2.45) is 5.92 Å². The average Bonchev–Trinajstić information content (AvgIpc) is 3.09. The molecule has 1 aliphatic carbocycles. The number of allylic oxidation sites excluding steroid dienone is 11. The lowest BCUT2D eigenvalue weighted by Crippen LogP contribution is -2.03. The van der Waals surface area contributed by atoms with Gasteiger partial charge < -0.3 is 9.47 Å². The van der Waals surface area contributed by atoms with Gasteiger partial charge in [-0.05, 0) is 92.9 Å². The van der Waals surface area contributed by atoms with E-state index in [1.165, 1.54) is 34.3 Å². The molecule has 0 amide bonds. The van der Waals surface area contributed by atoms with E-state index < -0.39 is 0 Å². The standard InChI is InChI=1S/C28H40O3S.C2H6/c1-8-11-25(18-21(3)19-26(9-2)22(4)23(5)32-7)20-31-27-13-10-12-24(14-16-27)15-17-28(29)30-6;1-2/h9-14,16,18,24H,8,15,17,19-20H2,1-7H3;1-2H3/b21-18+,23-22-,25-11+,26-9+;. The van der Waals surface area contributed by atoms with Gasteiger partial charge in [-0.15, -0.1) is 11.8 Å². The lowest BCUT2D eigenvalue weighted by atomic mass is 9.98. The smallest absolute Gasteiger partial charge is 0.305 e. The molecule has 3 nitrogen and oxygen atoms in total. The number of hydrogen-bond acceptors (Lipinski definition) is 4. The van der Waals surface area contributed by atoms with E-state index in [4.69, 9.17) is 9.47 Å². The van der Waals surface area contributed by atoms with Crippen molar-refractivity contribution < 1.29 is 14.3 Å². The van der Waals surface area contributed by atoms with E-state index in [0.717, 1.165) is 25.0 Å². The van der Waals surface area contributed by atoms with Gasteiger partial charge in [0.05, 0.1) is 7.11 Å². The summed E-state index contributed by atoms with van der Waals surface area (Å²) in [4.78, 5) is 12.7. The van der Waals surface area contributed by atoms with Crippen LogP contribution in [0, 0.1) is 5.92 Å². The summed E-state index contributed by atoms with van der Waals surface area (Å²) in [7, 11) is 1.43. The number of thioether (sulfide) groups is 1. The Morgan fingerprint density at radius 2 is 1.88 bits per heavy atom. The van der Waals surface area contributed by atoms with Crippen molar-refractivity contribution in [2.75, 3.05) is 20.0 Å². The Morgan fingerprint density at radius 3 is 2.47 bits per heavy atom. The zero-order chi connectivity index (χ0) is 25.9. The van der Waals surface area contributed by atoms with Crippen molar-refractivity contribution in [1.29, 1.82) is 0 Å². The normalized spacial score (nSPS) is 17.3. The van der Waals surface area contributed by atoms with E-state index in [-0.39, 0.29) is 11.9 Å². The van der Waals surface area contributed by atoms with Crippen molar-refractivity contribution >= 4 is 17.7 Å². The first-order valence-corrected chi connectivity index (χ1v) is 13.6. The van der Waals surface area contributed by atoms with Gasteiger partial charge in [0.25, 0.3) is 0 Å². The summed E-state index contributed by atoms with van der Waals surface area (Å²) in [6.45, 7) is 15.4. The zero-order valence-corrected chi connectivity index (χ0v) is 23.7. The second-order valence-corrected chi connectivity index (χ2v) is 8.95. The van der Waals surface area contributed by atoms with Gasteiger partial charge in [-0.2, -0.15) is 0 Å². The van der Waals surface area contributed by atoms with Gasteiger partial charge in [0.1, 0.15) is 12.4 Å². The van der Waals surface area contributed by atoms with Crippen LogP contribution in [0.25, 0.3) is 0 Å². The van der Waals surface area contributed by atoms with E-state index >= 15 is 0 Å². The van der Waals surface area contributed by atoms with Crippen LogP contribution in [0.15, 0.2) is 81.6 Å². The van der Waals surface area contributed by atoms with Gasteiger partial charge in [0, 0.05) is 6.42 Å². The summed E-state index contributed by atoms with van der Waals surface area (Å²) in [5, 5.41) is 0. The summed E-state index contributed by atoms with van der Waals surface area (Å²) < 4.78 is 10.8. The number of rotatable bonds is 12. The highest BCUT2D eigenvalue weighted by Gasteiger charge is 2.09. The summed E-state index contributed by atoms with van der Waals surface area (Å²) in [6.07, 6.45) is 22.0. The summed E-state index contributed by atoms with van der Waals surface area (Å²) in [6, 6.07) is 0. The lowest BCUT2D eigenvalue weighted by molar-refractivity contribution is -0.140. The molecule has 1 atom stereocenters. The fourth-order valence-electron chi connectivity index (χ4n) is 3.39. The third kappa shape index (κ3) is 12.9. The predicted octanol–water partition coefficient (Wildman–Crippen LogP) is 8.88. The van der Waals surface area contributed by atoms with E-state index in [1.54, 1.807) is 11.8 Å². The maximum Gasteiger partial charge on any atom is 0.305 e. The van der Waals surface area contributed by atoms with Crippen molar-refractivity contribution in [3.05, 3.63) is 81.6 Å².